The van der Waals surface area contributed by atoms with Crippen molar-refractivity contribution in [2.45, 2.75) is 19.4 Å². The topological polar surface area (TPSA) is 87.3 Å². The van der Waals surface area contributed by atoms with Gasteiger partial charge >= 0.3 is 0 Å². The van der Waals surface area contributed by atoms with E-state index in [4.69, 9.17) is 4.74 Å². The molecule has 0 bridgehead atoms. The first-order chi connectivity index (χ1) is 14.2. The van der Waals surface area contributed by atoms with E-state index in [9.17, 15) is 9.59 Å². The van der Waals surface area contributed by atoms with Crippen LogP contribution in [0.15, 0.2) is 41.8 Å². The van der Waals surface area contributed by atoms with E-state index in [1.165, 1.54) is 11.3 Å². The molecule has 0 aliphatic carbocycles. The zero-order chi connectivity index (χ0) is 20.2. The Morgan fingerprint density at radius 2 is 2.10 bits per heavy atom. The van der Waals surface area contributed by atoms with Crippen LogP contribution in [-0.2, 0) is 19.4 Å². The van der Waals surface area contributed by atoms with Crippen LogP contribution in [0.3, 0.4) is 0 Å². The first-order valence-electron chi connectivity index (χ1n) is 9.45. The van der Waals surface area contributed by atoms with E-state index in [0.717, 1.165) is 22.6 Å². The number of hydrogen-bond acceptors (Lipinski definition) is 5. The highest BCUT2D eigenvalue weighted by Crippen LogP contribution is 2.23. The molecule has 1 aliphatic rings. The zero-order valence-electron chi connectivity index (χ0n) is 16.1. The van der Waals surface area contributed by atoms with Gasteiger partial charge in [0.25, 0.3) is 11.8 Å². The number of hydrogen-bond donors (Lipinski definition) is 2. The Labute approximate surface area is 172 Å². The van der Waals surface area contributed by atoms with Gasteiger partial charge in [-0.25, -0.2) is 0 Å². The van der Waals surface area contributed by atoms with E-state index >= 15 is 0 Å². The lowest BCUT2D eigenvalue weighted by Gasteiger charge is -2.26. The Hall–Kier alpha value is -3.13. The van der Waals surface area contributed by atoms with Gasteiger partial charge in [-0.15, -0.1) is 11.3 Å². The van der Waals surface area contributed by atoms with E-state index in [1.54, 1.807) is 12.0 Å². The normalized spacial score (nSPS) is 13.1. The van der Waals surface area contributed by atoms with Gasteiger partial charge < -0.3 is 15.0 Å². The SMILES string of the molecule is COc1ccc(CCNC(=O)c2n[nH]c3c2CN(C(=O)c2cccs2)CC3)cc1. The number of methoxy groups -OCH3 is 1. The molecule has 0 spiro atoms. The number of aromatic nitrogens is 2. The molecule has 29 heavy (non-hydrogen) atoms. The largest absolute Gasteiger partial charge is 0.497 e. The van der Waals surface area contributed by atoms with Crippen molar-refractivity contribution in [2.24, 2.45) is 0 Å². The van der Waals surface area contributed by atoms with Crippen molar-refractivity contribution in [3.05, 3.63) is 69.2 Å². The van der Waals surface area contributed by atoms with Crippen molar-refractivity contribution in [3.63, 3.8) is 0 Å². The van der Waals surface area contributed by atoms with Gasteiger partial charge in [-0.3, -0.25) is 14.7 Å². The summed E-state index contributed by atoms with van der Waals surface area (Å²) >= 11 is 1.43. The number of aromatic amines is 1. The molecule has 0 saturated heterocycles. The number of amides is 2. The predicted molar refractivity (Wildman–Crippen MR) is 110 cm³/mol. The molecule has 2 N–H and O–H groups in total. The summed E-state index contributed by atoms with van der Waals surface area (Å²) in [6.45, 7) is 1.51. The van der Waals surface area contributed by atoms with Crippen LogP contribution >= 0.6 is 11.3 Å². The number of thiophene rings is 1. The van der Waals surface area contributed by atoms with Crippen LogP contribution in [0, 0.1) is 0 Å². The molecule has 4 rings (SSSR count). The van der Waals surface area contributed by atoms with Crippen LogP contribution in [-0.4, -0.2) is 47.1 Å². The van der Waals surface area contributed by atoms with Crippen molar-refractivity contribution in [3.8, 4) is 5.75 Å². The van der Waals surface area contributed by atoms with Gasteiger partial charge in [0, 0.05) is 30.8 Å². The van der Waals surface area contributed by atoms with Gasteiger partial charge in [0.05, 0.1) is 18.5 Å². The predicted octanol–water partition coefficient (Wildman–Crippen LogP) is 2.65. The summed E-state index contributed by atoms with van der Waals surface area (Å²) in [6.07, 6.45) is 1.38. The minimum absolute atomic E-state index is 0.00212. The molecule has 7 nitrogen and oxygen atoms in total. The Balaban J connectivity index is 1.38. The van der Waals surface area contributed by atoms with Crippen LogP contribution in [0.2, 0.25) is 0 Å². The third kappa shape index (κ3) is 4.17. The fourth-order valence-corrected chi connectivity index (χ4v) is 4.10. The van der Waals surface area contributed by atoms with Crippen molar-refractivity contribution in [2.75, 3.05) is 20.2 Å². The fraction of sp³-hybridized carbons (Fsp3) is 0.286. The highest BCUT2D eigenvalue weighted by Gasteiger charge is 2.28. The van der Waals surface area contributed by atoms with Gasteiger partial charge in [0.15, 0.2) is 5.69 Å². The van der Waals surface area contributed by atoms with Gasteiger partial charge in [-0.05, 0) is 35.6 Å². The average molecular weight is 410 g/mol. The summed E-state index contributed by atoms with van der Waals surface area (Å²) in [5.41, 5.74) is 3.23. The van der Waals surface area contributed by atoms with E-state index in [2.05, 4.69) is 15.5 Å². The van der Waals surface area contributed by atoms with E-state index < -0.39 is 0 Å². The summed E-state index contributed by atoms with van der Waals surface area (Å²) in [4.78, 5) is 27.8. The Kier molecular flexibility index (Phi) is 5.62. The van der Waals surface area contributed by atoms with Crippen LogP contribution in [0.25, 0.3) is 0 Å². The molecule has 0 radical (unpaired) electrons. The molecular formula is C21H22N4O3S. The summed E-state index contributed by atoms with van der Waals surface area (Å²) in [5.74, 6) is 0.585. The fourth-order valence-electron chi connectivity index (χ4n) is 3.41. The molecule has 2 amide bonds. The van der Waals surface area contributed by atoms with E-state index in [-0.39, 0.29) is 11.8 Å². The molecule has 0 saturated carbocycles. The molecule has 0 fully saturated rings. The Morgan fingerprint density at radius 1 is 1.28 bits per heavy atom. The maximum Gasteiger partial charge on any atom is 0.272 e. The summed E-state index contributed by atoms with van der Waals surface area (Å²) in [6, 6.07) is 11.5. The minimum Gasteiger partial charge on any atom is -0.497 e. The molecule has 0 unspecified atom stereocenters. The maximum atomic E-state index is 12.7. The average Bonchev–Trinajstić information content (AvgIpc) is 3.43. The molecule has 1 aromatic carbocycles. The zero-order valence-corrected chi connectivity index (χ0v) is 16.9. The number of nitrogens with one attached hydrogen (secondary N) is 2. The number of ether oxygens (including phenoxy) is 1. The second-order valence-electron chi connectivity index (χ2n) is 6.84. The van der Waals surface area contributed by atoms with Crippen molar-refractivity contribution >= 4 is 23.2 Å². The summed E-state index contributed by atoms with van der Waals surface area (Å²) < 4.78 is 5.15. The number of H-pyrrole nitrogens is 1. The molecule has 3 heterocycles. The lowest BCUT2D eigenvalue weighted by Crippen LogP contribution is -2.36. The molecule has 3 aromatic rings. The number of rotatable bonds is 6. The van der Waals surface area contributed by atoms with Crippen molar-refractivity contribution in [1.29, 1.82) is 0 Å². The molecule has 1 aliphatic heterocycles. The molecule has 0 atom stereocenters. The number of benzene rings is 1. The van der Waals surface area contributed by atoms with E-state index in [0.29, 0.717) is 43.0 Å². The standard InChI is InChI=1S/C21H22N4O3S/c1-28-15-6-4-14(5-7-15)8-10-22-20(26)19-16-13-25(11-9-17(16)23-24-19)21(27)18-3-2-12-29-18/h2-7,12H,8-11,13H2,1H3,(H,22,26)(H,23,24). The molecule has 8 heteroatoms. The summed E-state index contributed by atoms with van der Waals surface area (Å²) in [7, 11) is 1.63. The second-order valence-corrected chi connectivity index (χ2v) is 7.78. The smallest absolute Gasteiger partial charge is 0.272 e. The lowest BCUT2D eigenvalue weighted by molar-refractivity contribution is 0.0736. The first kappa shape index (κ1) is 19.2. The number of carbonyl (C=O) groups excluding carboxylic acids is 2. The number of fused-ring (bicyclic) bond motifs is 1. The third-order valence-electron chi connectivity index (χ3n) is 5.03. The van der Waals surface area contributed by atoms with Crippen LogP contribution in [0.4, 0.5) is 0 Å². The van der Waals surface area contributed by atoms with Crippen molar-refractivity contribution < 1.29 is 14.3 Å². The lowest BCUT2D eigenvalue weighted by atomic mass is 10.0. The highest BCUT2D eigenvalue weighted by atomic mass is 32.1. The third-order valence-corrected chi connectivity index (χ3v) is 5.88. The molecular weight excluding hydrogens is 388 g/mol. The monoisotopic (exact) mass is 410 g/mol. The summed E-state index contributed by atoms with van der Waals surface area (Å²) in [5, 5.41) is 12.0. The van der Waals surface area contributed by atoms with Crippen LogP contribution < -0.4 is 10.1 Å². The van der Waals surface area contributed by atoms with Crippen LogP contribution in [0.1, 0.15) is 37.0 Å². The molecule has 150 valence electrons. The Morgan fingerprint density at radius 3 is 2.83 bits per heavy atom. The van der Waals surface area contributed by atoms with Crippen molar-refractivity contribution in [1.82, 2.24) is 20.4 Å². The number of carbonyl (C=O) groups is 2. The highest BCUT2D eigenvalue weighted by molar-refractivity contribution is 7.12. The van der Waals surface area contributed by atoms with Gasteiger partial charge in [-0.2, -0.15) is 5.10 Å². The van der Waals surface area contributed by atoms with E-state index in [1.807, 2.05) is 41.8 Å². The maximum absolute atomic E-state index is 12.7. The van der Waals surface area contributed by atoms with Gasteiger partial charge in [0.2, 0.25) is 0 Å². The van der Waals surface area contributed by atoms with Gasteiger partial charge in [-0.1, -0.05) is 18.2 Å². The molecule has 2 aromatic heterocycles. The number of nitrogens with zero attached hydrogens (tertiary/aromatic N) is 2. The van der Waals surface area contributed by atoms with Gasteiger partial charge in [0.1, 0.15) is 5.75 Å². The quantitative estimate of drug-likeness (QED) is 0.654. The Bertz CT molecular complexity index is 996. The minimum atomic E-state index is -0.221. The second kappa shape index (κ2) is 8.48. The van der Waals surface area contributed by atoms with Crippen LogP contribution in [0.5, 0.6) is 5.75 Å². The first-order valence-corrected chi connectivity index (χ1v) is 10.3.